The molecular weight excluding hydrogens is 390 g/mol. The number of hydrogen-bond donors (Lipinski definition) is 1. The maximum atomic E-state index is 12.0. The lowest BCUT2D eigenvalue weighted by Crippen LogP contribution is -2.19. The third kappa shape index (κ3) is 4.97. The Bertz CT molecular complexity index is 910. The van der Waals surface area contributed by atoms with Gasteiger partial charge in [0.05, 0.1) is 28.8 Å². The van der Waals surface area contributed by atoms with Crippen molar-refractivity contribution in [2.24, 2.45) is 5.10 Å². The first kappa shape index (κ1) is 18.7. The lowest BCUT2D eigenvalue weighted by molar-refractivity contribution is -0.118. The van der Waals surface area contributed by atoms with E-state index in [4.69, 9.17) is 16.3 Å². The minimum absolute atomic E-state index is 0.203. The van der Waals surface area contributed by atoms with Crippen molar-refractivity contribution in [1.82, 2.24) is 10.4 Å². The number of carbonyl (C=O) groups is 1. The summed E-state index contributed by atoms with van der Waals surface area (Å²) >= 11 is 8.96. The molecular formula is C18H16ClN3O2S2. The quantitative estimate of drug-likeness (QED) is 0.354. The number of thioether (sulfide) groups is 1. The molecule has 5 nitrogen and oxygen atoms in total. The van der Waals surface area contributed by atoms with Gasteiger partial charge in [0.15, 0.2) is 4.34 Å². The number of fused-ring (bicyclic) bond motifs is 1. The SMILES string of the molecule is CCOc1ccc(Cl)cc1/C=N/NC(=O)CSc1nc2ccccc2s1. The molecule has 0 aliphatic rings. The molecule has 0 saturated carbocycles. The van der Waals surface area contributed by atoms with E-state index in [9.17, 15) is 4.79 Å². The first-order valence-electron chi connectivity index (χ1n) is 7.88. The van der Waals surface area contributed by atoms with Crippen LogP contribution in [0, 0.1) is 0 Å². The lowest BCUT2D eigenvalue weighted by atomic mass is 10.2. The predicted octanol–water partition coefficient (Wildman–Crippen LogP) is 4.59. The maximum absolute atomic E-state index is 12.0. The highest BCUT2D eigenvalue weighted by Gasteiger charge is 2.07. The van der Waals surface area contributed by atoms with Gasteiger partial charge in [0, 0.05) is 10.6 Å². The Hall–Kier alpha value is -2.09. The van der Waals surface area contributed by atoms with Crippen LogP contribution in [0.5, 0.6) is 5.75 Å². The second-order valence-electron chi connectivity index (χ2n) is 5.14. The summed E-state index contributed by atoms with van der Waals surface area (Å²) in [6, 6.07) is 13.2. The number of thiazole rings is 1. The molecule has 0 aliphatic carbocycles. The average molecular weight is 406 g/mol. The highest BCUT2D eigenvalue weighted by atomic mass is 35.5. The van der Waals surface area contributed by atoms with Crippen molar-refractivity contribution in [2.75, 3.05) is 12.4 Å². The second kappa shape index (κ2) is 9.02. The summed E-state index contributed by atoms with van der Waals surface area (Å²) in [5.41, 5.74) is 4.17. The molecule has 3 aromatic rings. The van der Waals surface area contributed by atoms with Gasteiger partial charge in [0.2, 0.25) is 0 Å². The number of aromatic nitrogens is 1. The third-order valence-corrected chi connectivity index (χ3v) is 5.68. The van der Waals surface area contributed by atoms with Crippen LogP contribution in [-0.4, -0.2) is 29.5 Å². The largest absolute Gasteiger partial charge is 0.493 e. The van der Waals surface area contributed by atoms with Crippen LogP contribution in [-0.2, 0) is 4.79 Å². The molecule has 3 rings (SSSR count). The van der Waals surface area contributed by atoms with Crippen molar-refractivity contribution in [1.29, 1.82) is 0 Å². The van der Waals surface area contributed by atoms with E-state index < -0.39 is 0 Å². The molecule has 2 aromatic carbocycles. The molecule has 0 aliphatic heterocycles. The van der Waals surface area contributed by atoms with Gasteiger partial charge in [-0.15, -0.1) is 11.3 Å². The van der Waals surface area contributed by atoms with E-state index in [1.165, 1.54) is 18.0 Å². The van der Waals surface area contributed by atoms with Crippen LogP contribution in [0.1, 0.15) is 12.5 Å². The van der Waals surface area contributed by atoms with Crippen molar-refractivity contribution in [3.8, 4) is 5.75 Å². The molecule has 134 valence electrons. The molecule has 0 saturated heterocycles. The van der Waals surface area contributed by atoms with Gasteiger partial charge in [0.1, 0.15) is 5.75 Å². The fraction of sp³-hybridized carbons (Fsp3) is 0.167. The van der Waals surface area contributed by atoms with Crippen LogP contribution < -0.4 is 10.2 Å². The number of carbonyl (C=O) groups excluding carboxylic acids is 1. The number of para-hydroxylation sites is 1. The number of nitrogens with one attached hydrogen (secondary N) is 1. The second-order valence-corrected chi connectivity index (χ2v) is 7.83. The molecule has 8 heteroatoms. The van der Waals surface area contributed by atoms with E-state index in [1.807, 2.05) is 31.2 Å². The van der Waals surface area contributed by atoms with E-state index >= 15 is 0 Å². The van der Waals surface area contributed by atoms with Crippen LogP contribution in [0.25, 0.3) is 10.2 Å². The van der Waals surface area contributed by atoms with Gasteiger partial charge in [-0.25, -0.2) is 10.4 Å². The average Bonchev–Trinajstić information content (AvgIpc) is 3.05. The van der Waals surface area contributed by atoms with E-state index in [-0.39, 0.29) is 11.7 Å². The fourth-order valence-electron chi connectivity index (χ4n) is 2.15. The summed E-state index contributed by atoms with van der Waals surface area (Å²) in [4.78, 5) is 16.5. The van der Waals surface area contributed by atoms with Gasteiger partial charge in [0.25, 0.3) is 5.91 Å². The Morgan fingerprint density at radius 3 is 3.04 bits per heavy atom. The Morgan fingerprint density at radius 2 is 2.23 bits per heavy atom. The molecule has 0 atom stereocenters. The zero-order valence-corrected chi connectivity index (χ0v) is 16.3. The molecule has 0 unspecified atom stereocenters. The maximum Gasteiger partial charge on any atom is 0.250 e. The van der Waals surface area contributed by atoms with Crippen LogP contribution >= 0.6 is 34.7 Å². The predicted molar refractivity (Wildman–Crippen MR) is 109 cm³/mol. The van der Waals surface area contributed by atoms with E-state index in [0.717, 1.165) is 14.6 Å². The lowest BCUT2D eigenvalue weighted by Gasteiger charge is -2.06. The number of hydrogen-bond acceptors (Lipinski definition) is 6. The summed E-state index contributed by atoms with van der Waals surface area (Å²) in [7, 11) is 0. The number of hydrazone groups is 1. The van der Waals surface area contributed by atoms with Crippen LogP contribution in [0.3, 0.4) is 0 Å². The monoisotopic (exact) mass is 405 g/mol. The first-order chi connectivity index (χ1) is 12.7. The summed E-state index contributed by atoms with van der Waals surface area (Å²) < 4.78 is 7.48. The zero-order chi connectivity index (χ0) is 18.4. The smallest absolute Gasteiger partial charge is 0.250 e. The Morgan fingerprint density at radius 1 is 1.38 bits per heavy atom. The molecule has 1 aromatic heterocycles. The summed E-state index contributed by atoms with van der Waals surface area (Å²) in [5, 5.41) is 4.56. The highest BCUT2D eigenvalue weighted by molar-refractivity contribution is 8.01. The third-order valence-electron chi connectivity index (χ3n) is 3.27. The number of rotatable bonds is 7. The van der Waals surface area contributed by atoms with Gasteiger partial charge in [-0.1, -0.05) is 35.5 Å². The number of amides is 1. The topological polar surface area (TPSA) is 63.6 Å². The highest BCUT2D eigenvalue weighted by Crippen LogP contribution is 2.29. The minimum atomic E-state index is -0.203. The molecule has 1 amide bonds. The van der Waals surface area contributed by atoms with Crippen molar-refractivity contribution >= 4 is 57.0 Å². The number of ether oxygens (including phenoxy) is 1. The molecule has 1 N–H and O–H groups in total. The van der Waals surface area contributed by atoms with Crippen molar-refractivity contribution in [3.63, 3.8) is 0 Å². The molecule has 0 fully saturated rings. The number of halogens is 1. The molecule has 0 bridgehead atoms. The van der Waals surface area contributed by atoms with Gasteiger partial charge in [-0.2, -0.15) is 5.10 Å². The Kier molecular flexibility index (Phi) is 6.49. The molecule has 1 heterocycles. The van der Waals surface area contributed by atoms with Crippen molar-refractivity contribution in [3.05, 3.63) is 53.1 Å². The summed E-state index contributed by atoms with van der Waals surface area (Å²) in [6.07, 6.45) is 1.52. The van der Waals surface area contributed by atoms with Gasteiger partial charge in [-0.05, 0) is 37.3 Å². The Balaban J connectivity index is 1.55. The summed E-state index contributed by atoms with van der Waals surface area (Å²) in [6.45, 7) is 2.43. The standard InChI is InChI=1S/C18H16ClN3O2S2/c1-2-24-15-8-7-13(19)9-12(15)10-20-22-17(23)11-25-18-21-14-5-3-4-6-16(14)26-18/h3-10H,2,11H2,1H3,(H,22,23)/b20-10+. The van der Waals surface area contributed by atoms with Crippen molar-refractivity contribution in [2.45, 2.75) is 11.3 Å². The summed E-state index contributed by atoms with van der Waals surface area (Å²) in [5.74, 6) is 0.703. The van der Waals surface area contributed by atoms with Crippen molar-refractivity contribution < 1.29 is 9.53 Å². The van der Waals surface area contributed by atoms with E-state index in [1.54, 1.807) is 29.5 Å². The number of nitrogens with zero attached hydrogens (tertiary/aromatic N) is 2. The van der Waals surface area contributed by atoms with E-state index in [0.29, 0.717) is 22.9 Å². The fourth-order valence-corrected chi connectivity index (χ4v) is 4.19. The zero-order valence-electron chi connectivity index (χ0n) is 13.9. The minimum Gasteiger partial charge on any atom is -0.493 e. The number of benzene rings is 2. The molecule has 26 heavy (non-hydrogen) atoms. The Labute approximate surface area is 164 Å². The van der Waals surface area contributed by atoms with Crippen LogP contribution in [0.4, 0.5) is 0 Å². The normalized spacial score (nSPS) is 11.2. The van der Waals surface area contributed by atoms with Gasteiger partial charge >= 0.3 is 0 Å². The van der Waals surface area contributed by atoms with E-state index in [2.05, 4.69) is 15.5 Å². The van der Waals surface area contributed by atoms with Crippen LogP contribution in [0.2, 0.25) is 5.02 Å². The first-order valence-corrected chi connectivity index (χ1v) is 10.1. The van der Waals surface area contributed by atoms with Gasteiger partial charge < -0.3 is 4.74 Å². The van der Waals surface area contributed by atoms with Gasteiger partial charge in [-0.3, -0.25) is 4.79 Å². The molecule has 0 spiro atoms. The molecule has 0 radical (unpaired) electrons. The van der Waals surface area contributed by atoms with Crippen LogP contribution in [0.15, 0.2) is 51.9 Å².